The molecule has 0 fully saturated rings. The Morgan fingerprint density at radius 3 is 2.08 bits per heavy atom. The molecule has 0 aliphatic heterocycles. The van der Waals surface area contributed by atoms with Gasteiger partial charge in [0, 0.05) is 34.1 Å². The van der Waals surface area contributed by atoms with Crippen LogP contribution in [0, 0.1) is 0 Å². The van der Waals surface area contributed by atoms with Crippen LogP contribution in [0.5, 0.6) is 0 Å². The van der Waals surface area contributed by atoms with E-state index in [4.69, 9.17) is 0 Å². The second-order valence-electron chi connectivity index (χ2n) is 4.55. The van der Waals surface area contributed by atoms with E-state index in [9.17, 15) is 0 Å². The van der Waals surface area contributed by atoms with Crippen molar-refractivity contribution in [2.75, 3.05) is 14.1 Å². The Hall–Kier alpha value is -0.503. The van der Waals surface area contributed by atoms with E-state index in [-0.39, 0.29) is 0 Å². The van der Waals surface area contributed by atoms with Crippen LogP contribution in [0.1, 0.15) is 13.8 Å². The van der Waals surface area contributed by atoms with Crippen molar-refractivity contribution in [3.8, 4) is 0 Å². The molecule has 13 heavy (non-hydrogen) atoms. The Balaban J connectivity index is 2.97. The summed E-state index contributed by atoms with van der Waals surface area (Å²) in [6.45, 7) is 9.39. The fourth-order valence-corrected chi connectivity index (χ4v) is 4.48. The van der Waals surface area contributed by atoms with Crippen molar-refractivity contribution in [3.05, 3.63) is 22.9 Å². The van der Waals surface area contributed by atoms with Gasteiger partial charge in [-0.1, -0.05) is 24.2 Å². The first-order valence-electron chi connectivity index (χ1n) is 5.01. The fourth-order valence-electron chi connectivity index (χ4n) is 2.14. The van der Waals surface area contributed by atoms with E-state index in [1.165, 1.54) is 11.3 Å². The van der Waals surface area contributed by atoms with E-state index in [0.717, 1.165) is 5.54 Å². The van der Waals surface area contributed by atoms with E-state index in [1.807, 2.05) is 0 Å². The molecule has 2 heteroatoms. The minimum absolute atomic E-state index is 0.601. The minimum Gasteiger partial charge on any atom is -0.381 e. The van der Waals surface area contributed by atoms with Crippen LogP contribution in [0.4, 0.5) is 0 Å². The van der Waals surface area contributed by atoms with Crippen molar-refractivity contribution in [3.63, 3.8) is 0 Å². The summed E-state index contributed by atoms with van der Waals surface area (Å²) >= 11 is 0. The molecule has 0 amide bonds. The first-order valence-corrected chi connectivity index (χ1v) is 7.99. The van der Waals surface area contributed by atoms with Crippen molar-refractivity contribution in [1.82, 2.24) is 4.90 Å². The molecule has 0 aromatic rings. The first kappa shape index (κ1) is 10.6. The average Bonchev–Trinajstić information content (AvgIpc) is 2.28. The van der Waals surface area contributed by atoms with E-state index < -0.39 is 8.80 Å². The Morgan fingerprint density at radius 2 is 1.77 bits per heavy atom. The lowest BCUT2D eigenvalue weighted by atomic mass is 10.2. The van der Waals surface area contributed by atoms with E-state index in [2.05, 4.69) is 52.0 Å². The Labute approximate surface area is 83.7 Å². The molecule has 1 rings (SSSR count). The van der Waals surface area contributed by atoms with Crippen molar-refractivity contribution in [1.29, 1.82) is 0 Å². The van der Waals surface area contributed by atoms with Crippen molar-refractivity contribution in [2.24, 2.45) is 0 Å². The highest BCUT2D eigenvalue weighted by atomic mass is 28.3. The number of rotatable bonds is 2. The third-order valence-corrected chi connectivity index (χ3v) is 5.13. The van der Waals surface area contributed by atoms with Gasteiger partial charge in [-0.05, 0) is 19.9 Å². The van der Waals surface area contributed by atoms with E-state index in [0.29, 0.717) is 0 Å². The molecule has 0 aromatic heterocycles. The maximum Gasteiger partial charge on any atom is 0.0458 e. The molecule has 1 nitrogen and oxygen atoms in total. The second-order valence-corrected chi connectivity index (χ2v) is 7.71. The van der Waals surface area contributed by atoms with Gasteiger partial charge in [0.05, 0.1) is 0 Å². The molecule has 1 atom stereocenters. The van der Waals surface area contributed by atoms with Crippen LogP contribution in [-0.4, -0.2) is 27.8 Å². The SMILES string of the molecule is CC1=C(C)C([SiH](C)C)C(N(C)C)=C1. The number of allylic oxidation sites excluding steroid dienone is 3. The summed E-state index contributed by atoms with van der Waals surface area (Å²) in [4.78, 5) is 2.28. The van der Waals surface area contributed by atoms with Gasteiger partial charge in [0.25, 0.3) is 0 Å². The first-order chi connectivity index (χ1) is 5.95. The molecule has 0 N–H and O–H groups in total. The molecule has 0 aromatic carbocycles. The van der Waals surface area contributed by atoms with Gasteiger partial charge in [0.1, 0.15) is 0 Å². The quantitative estimate of drug-likeness (QED) is 0.612. The molecule has 0 saturated carbocycles. The normalized spacial score (nSPS) is 22.7. The molecule has 0 bridgehead atoms. The summed E-state index contributed by atoms with van der Waals surface area (Å²) in [5, 5.41) is 0. The Kier molecular flexibility index (Phi) is 3.01. The topological polar surface area (TPSA) is 3.24 Å². The summed E-state index contributed by atoms with van der Waals surface area (Å²) in [7, 11) is 3.71. The second kappa shape index (κ2) is 3.70. The van der Waals surface area contributed by atoms with Crippen molar-refractivity contribution < 1.29 is 0 Å². The highest BCUT2D eigenvalue weighted by molar-refractivity contribution is 6.59. The molecule has 0 heterocycles. The number of hydrogen-bond acceptors (Lipinski definition) is 1. The lowest BCUT2D eigenvalue weighted by molar-refractivity contribution is 0.500. The van der Waals surface area contributed by atoms with Gasteiger partial charge in [-0.3, -0.25) is 0 Å². The van der Waals surface area contributed by atoms with Crippen molar-refractivity contribution in [2.45, 2.75) is 32.5 Å². The van der Waals surface area contributed by atoms with Crippen LogP contribution in [0.3, 0.4) is 0 Å². The molecule has 1 unspecified atom stereocenters. The third-order valence-electron chi connectivity index (χ3n) is 2.95. The largest absolute Gasteiger partial charge is 0.381 e. The van der Waals surface area contributed by atoms with Crippen LogP contribution in [0.25, 0.3) is 0 Å². The van der Waals surface area contributed by atoms with Gasteiger partial charge in [-0.15, -0.1) is 0 Å². The molecular formula is C11H21NSi. The highest BCUT2D eigenvalue weighted by Crippen LogP contribution is 2.39. The summed E-state index contributed by atoms with van der Waals surface area (Å²) in [5.41, 5.74) is 5.38. The maximum absolute atomic E-state index is 2.43. The summed E-state index contributed by atoms with van der Waals surface area (Å²) in [6, 6.07) is 0. The zero-order valence-corrected chi connectivity index (χ0v) is 10.8. The number of hydrogen-bond donors (Lipinski definition) is 0. The highest BCUT2D eigenvalue weighted by Gasteiger charge is 2.27. The molecule has 0 saturated heterocycles. The predicted molar refractivity (Wildman–Crippen MR) is 62.8 cm³/mol. The van der Waals surface area contributed by atoms with Gasteiger partial charge in [-0.25, -0.2) is 0 Å². The number of nitrogens with zero attached hydrogens (tertiary/aromatic N) is 1. The Morgan fingerprint density at radius 1 is 1.23 bits per heavy atom. The summed E-state index contributed by atoms with van der Waals surface area (Å²) in [6.07, 6.45) is 2.35. The van der Waals surface area contributed by atoms with Crippen molar-refractivity contribution >= 4 is 8.80 Å². The summed E-state index contributed by atoms with van der Waals surface area (Å²) in [5.74, 6) is 0. The maximum atomic E-state index is 2.43. The van der Waals surface area contributed by atoms with E-state index in [1.54, 1.807) is 5.57 Å². The molecule has 1 aliphatic rings. The van der Waals surface area contributed by atoms with Gasteiger partial charge in [0.15, 0.2) is 0 Å². The monoisotopic (exact) mass is 195 g/mol. The zero-order valence-electron chi connectivity index (χ0n) is 9.68. The summed E-state index contributed by atoms with van der Waals surface area (Å²) < 4.78 is 0. The third kappa shape index (κ3) is 1.88. The minimum atomic E-state index is -0.601. The molecule has 0 radical (unpaired) electrons. The Bertz CT molecular complexity index is 261. The molecule has 1 aliphatic carbocycles. The predicted octanol–water partition coefficient (Wildman–Crippen LogP) is 2.64. The standard InChI is InChI=1S/C11H21NSi/c1-8-7-10(12(3)4)11(9(8)2)13(5)6/h7,11,13H,1-6H3. The van der Waals surface area contributed by atoms with Gasteiger partial charge >= 0.3 is 0 Å². The smallest absolute Gasteiger partial charge is 0.0458 e. The van der Waals surface area contributed by atoms with Crippen LogP contribution in [0.2, 0.25) is 18.6 Å². The molecule has 0 spiro atoms. The van der Waals surface area contributed by atoms with Gasteiger partial charge < -0.3 is 4.90 Å². The van der Waals surface area contributed by atoms with Crippen LogP contribution < -0.4 is 0 Å². The van der Waals surface area contributed by atoms with Crippen LogP contribution in [-0.2, 0) is 0 Å². The lowest BCUT2D eigenvalue weighted by Crippen LogP contribution is -2.22. The van der Waals surface area contributed by atoms with Crippen LogP contribution >= 0.6 is 0 Å². The van der Waals surface area contributed by atoms with Crippen LogP contribution in [0.15, 0.2) is 22.9 Å². The van der Waals surface area contributed by atoms with Gasteiger partial charge in [-0.2, -0.15) is 0 Å². The average molecular weight is 195 g/mol. The molecular weight excluding hydrogens is 174 g/mol. The molecule has 74 valence electrons. The lowest BCUT2D eigenvalue weighted by Gasteiger charge is -2.26. The fraction of sp³-hybridized carbons (Fsp3) is 0.636. The zero-order chi connectivity index (χ0) is 10.2. The van der Waals surface area contributed by atoms with E-state index >= 15 is 0 Å². The van der Waals surface area contributed by atoms with Gasteiger partial charge in [0.2, 0.25) is 0 Å².